The van der Waals surface area contributed by atoms with Crippen LogP contribution in [0.4, 0.5) is 0 Å². The van der Waals surface area contributed by atoms with Crippen LogP contribution in [0.15, 0.2) is 48.5 Å². The summed E-state index contributed by atoms with van der Waals surface area (Å²) in [6, 6.07) is 14.9. The third kappa shape index (κ3) is 2.72. The van der Waals surface area contributed by atoms with Gasteiger partial charge in [0.25, 0.3) is 0 Å². The molecule has 9 nitrogen and oxygen atoms in total. The van der Waals surface area contributed by atoms with Gasteiger partial charge < -0.3 is 26.0 Å². The summed E-state index contributed by atoms with van der Waals surface area (Å²) >= 11 is 0. The number of imidazole rings is 2. The second-order valence-electron chi connectivity index (χ2n) is 7.12. The molecule has 0 aliphatic heterocycles. The monoisotopic (exact) mass is 397 g/mol. The highest BCUT2D eigenvalue weighted by Gasteiger charge is 2.15. The van der Waals surface area contributed by atoms with E-state index in [9.17, 15) is 0 Å². The normalized spacial score (nSPS) is 11.4. The van der Waals surface area contributed by atoms with Crippen LogP contribution in [-0.2, 0) is 7.05 Å². The van der Waals surface area contributed by atoms with Crippen LogP contribution in [0.3, 0.4) is 0 Å². The van der Waals surface area contributed by atoms with Crippen molar-refractivity contribution in [2.45, 2.75) is 0 Å². The topological polar surface area (TPSA) is 162 Å². The molecular weight excluding hydrogens is 378 g/mol. The number of H-pyrrole nitrogens is 2. The molecular formula is C21H19N9. The van der Waals surface area contributed by atoms with E-state index in [0.29, 0.717) is 11.1 Å². The van der Waals surface area contributed by atoms with E-state index in [1.54, 1.807) is 24.3 Å². The third-order valence-corrected chi connectivity index (χ3v) is 5.20. The SMILES string of the molecule is Cn1c(-c2nc3cc(C(=N)N)ccc3[nH]2)ccc1-c1nc2cc(C(=N)N)ccc2[nH]1. The standard InChI is InChI=1S/C21H19N9/c1-30-16(20-26-12-4-2-10(18(22)23)8-14(12)28-20)6-7-17(30)21-27-13-5-3-11(19(24)25)9-15(13)29-21/h2-9H,1H3,(H3,22,23)(H3,24,25)(H,26,28)(H,27,29). The highest BCUT2D eigenvalue weighted by Crippen LogP contribution is 2.28. The van der Waals surface area contributed by atoms with Crippen molar-refractivity contribution in [3.8, 4) is 23.0 Å². The minimum atomic E-state index is 0.0143. The third-order valence-electron chi connectivity index (χ3n) is 5.20. The van der Waals surface area contributed by atoms with Crippen LogP contribution in [0, 0.1) is 10.8 Å². The van der Waals surface area contributed by atoms with Crippen LogP contribution in [0.5, 0.6) is 0 Å². The number of amidine groups is 2. The molecule has 5 aromatic rings. The Hall–Kier alpha value is -4.40. The molecule has 2 aromatic carbocycles. The Morgan fingerprint density at radius 2 is 1.20 bits per heavy atom. The molecule has 0 amide bonds. The predicted octanol–water partition coefficient (Wildman–Crippen LogP) is 2.68. The summed E-state index contributed by atoms with van der Waals surface area (Å²) in [7, 11) is 1.95. The lowest BCUT2D eigenvalue weighted by molar-refractivity contribution is 0.927. The van der Waals surface area contributed by atoms with Gasteiger partial charge in [-0.2, -0.15) is 0 Å². The van der Waals surface area contributed by atoms with Gasteiger partial charge >= 0.3 is 0 Å². The number of hydrogen-bond acceptors (Lipinski definition) is 4. The summed E-state index contributed by atoms with van der Waals surface area (Å²) in [5.41, 5.74) is 17.5. The van der Waals surface area contributed by atoms with Crippen LogP contribution >= 0.6 is 0 Å². The summed E-state index contributed by atoms with van der Waals surface area (Å²) in [5.74, 6) is 1.46. The fourth-order valence-electron chi connectivity index (χ4n) is 3.58. The van der Waals surface area contributed by atoms with Crippen LogP contribution in [0.25, 0.3) is 45.1 Å². The molecule has 3 aromatic heterocycles. The molecule has 30 heavy (non-hydrogen) atoms. The van der Waals surface area contributed by atoms with Gasteiger partial charge in [0.05, 0.1) is 33.5 Å². The Labute approximate surface area is 170 Å². The first-order chi connectivity index (χ1) is 14.4. The van der Waals surface area contributed by atoms with Gasteiger partial charge in [-0.1, -0.05) is 0 Å². The second-order valence-corrected chi connectivity index (χ2v) is 7.12. The highest BCUT2D eigenvalue weighted by atomic mass is 15.1. The van der Waals surface area contributed by atoms with Gasteiger partial charge in [-0.25, -0.2) is 9.97 Å². The van der Waals surface area contributed by atoms with Gasteiger partial charge in [0, 0.05) is 18.2 Å². The van der Waals surface area contributed by atoms with E-state index in [2.05, 4.69) is 19.9 Å². The molecule has 9 heteroatoms. The fraction of sp³-hybridized carbons (Fsp3) is 0.0476. The van der Waals surface area contributed by atoms with E-state index in [4.69, 9.17) is 22.3 Å². The Bertz CT molecular complexity index is 1360. The van der Waals surface area contributed by atoms with Crippen molar-refractivity contribution in [1.82, 2.24) is 24.5 Å². The Kier molecular flexibility index (Phi) is 3.72. The molecule has 0 fully saturated rings. The van der Waals surface area contributed by atoms with Gasteiger partial charge in [0.2, 0.25) is 0 Å². The van der Waals surface area contributed by atoms with Crippen LogP contribution in [0.1, 0.15) is 11.1 Å². The summed E-state index contributed by atoms with van der Waals surface area (Å²) in [6.07, 6.45) is 0. The van der Waals surface area contributed by atoms with Gasteiger partial charge in [0.15, 0.2) is 11.6 Å². The zero-order valence-electron chi connectivity index (χ0n) is 16.1. The first-order valence-electron chi connectivity index (χ1n) is 9.25. The van der Waals surface area contributed by atoms with Crippen molar-refractivity contribution >= 4 is 33.7 Å². The molecule has 148 valence electrons. The fourth-order valence-corrected chi connectivity index (χ4v) is 3.58. The molecule has 0 spiro atoms. The van der Waals surface area contributed by atoms with Gasteiger partial charge in [-0.3, -0.25) is 10.8 Å². The van der Waals surface area contributed by atoms with E-state index < -0.39 is 0 Å². The molecule has 0 saturated heterocycles. The smallest absolute Gasteiger partial charge is 0.155 e. The van der Waals surface area contributed by atoms with Gasteiger partial charge in [-0.15, -0.1) is 0 Å². The second kappa shape index (κ2) is 6.31. The number of fused-ring (bicyclic) bond motifs is 2. The molecule has 0 aliphatic carbocycles. The zero-order chi connectivity index (χ0) is 21.0. The first-order valence-corrected chi connectivity index (χ1v) is 9.25. The lowest BCUT2D eigenvalue weighted by Crippen LogP contribution is -2.10. The van der Waals surface area contributed by atoms with Crippen LogP contribution < -0.4 is 11.5 Å². The number of nitrogen functional groups attached to an aromatic ring is 2. The maximum atomic E-state index is 7.60. The number of aromatic amines is 2. The number of nitrogens with one attached hydrogen (secondary N) is 4. The van der Waals surface area contributed by atoms with Crippen molar-refractivity contribution in [2.24, 2.45) is 18.5 Å². The number of hydrogen-bond donors (Lipinski definition) is 6. The first kappa shape index (κ1) is 17.7. The average Bonchev–Trinajstić information content (AvgIpc) is 3.41. The molecule has 5 rings (SSSR count). The number of nitrogens with zero attached hydrogens (tertiary/aromatic N) is 3. The van der Waals surface area contributed by atoms with Crippen molar-refractivity contribution in [3.63, 3.8) is 0 Å². The summed E-state index contributed by atoms with van der Waals surface area (Å²) < 4.78 is 2.01. The molecule has 0 saturated carbocycles. The molecule has 0 atom stereocenters. The van der Waals surface area contributed by atoms with E-state index in [1.165, 1.54) is 0 Å². The Balaban J connectivity index is 1.57. The maximum absolute atomic E-state index is 7.60. The quantitative estimate of drug-likeness (QED) is 0.203. The molecule has 0 unspecified atom stereocenters. The minimum Gasteiger partial charge on any atom is -0.384 e. The number of nitrogens with two attached hydrogens (primary N) is 2. The summed E-state index contributed by atoms with van der Waals surface area (Å²) in [6.45, 7) is 0. The average molecular weight is 397 g/mol. The zero-order valence-corrected chi connectivity index (χ0v) is 16.1. The van der Waals surface area contributed by atoms with Crippen molar-refractivity contribution in [2.75, 3.05) is 0 Å². The molecule has 0 bridgehead atoms. The number of benzene rings is 2. The van der Waals surface area contributed by atoms with Crippen LogP contribution in [0.2, 0.25) is 0 Å². The van der Waals surface area contributed by atoms with Crippen molar-refractivity contribution < 1.29 is 0 Å². The van der Waals surface area contributed by atoms with E-state index in [0.717, 1.165) is 45.1 Å². The van der Waals surface area contributed by atoms with Crippen LogP contribution in [-0.4, -0.2) is 36.2 Å². The molecule has 8 N–H and O–H groups in total. The van der Waals surface area contributed by atoms with E-state index in [1.807, 2.05) is 35.9 Å². The maximum Gasteiger partial charge on any atom is 0.155 e. The molecule has 3 heterocycles. The summed E-state index contributed by atoms with van der Waals surface area (Å²) in [4.78, 5) is 16.0. The molecule has 0 radical (unpaired) electrons. The summed E-state index contributed by atoms with van der Waals surface area (Å²) in [5, 5.41) is 15.2. The Morgan fingerprint density at radius 1 is 0.767 bits per heavy atom. The lowest BCUT2D eigenvalue weighted by atomic mass is 10.2. The van der Waals surface area contributed by atoms with E-state index >= 15 is 0 Å². The van der Waals surface area contributed by atoms with E-state index in [-0.39, 0.29) is 11.7 Å². The Morgan fingerprint density at radius 3 is 1.60 bits per heavy atom. The van der Waals surface area contributed by atoms with Gasteiger partial charge in [0.1, 0.15) is 11.7 Å². The highest BCUT2D eigenvalue weighted by molar-refractivity contribution is 5.99. The largest absolute Gasteiger partial charge is 0.384 e. The molecule has 0 aliphatic rings. The van der Waals surface area contributed by atoms with Crippen molar-refractivity contribution in [1.29, 1.82) is 10.8 Å². The van der Waals surface area contributed by atoms with Crippen molar-refractivity contribution in [3.05, 3.63) is 59.7 Å². The number of aromatic nitrogens is 5. The lowest BCUT2D eigenvalue weighted by Gasteiger charge is -2.03. The predicted molar refractivity (Wildman–Crippen MR) is 118 cm³/mol. The number of rotatable bonds is 4. The minimum absolute atomic E-state index is 0.0143. The van der Waals surface area contributed by atoms with Gasteiger partial charge in [-0.05, 0) is 48.5 Å².